The van der Waals surface area contributed by atoms with Crippen molar-refractivity contribution < 1.29 is 10.0 Å². The van der Waals surface area contributed by atoms with Crippen LogP contribution in [0.4, 0.5) is 0 Å². The van der Waals surface area contributed by atoms with Crippen LogP contribution < -0.4 is 5.48 Å². The Labute approximate surface area is 98.6 Å². The number of rotatable bonds is 2. The second-order valence-corrected chi connectivity index (χ2v) is 3.70. The number of aromatic nitrogens is 1. The molecule has 0 fully saturated rings. The van der Waals surface area contributed by atoms with Crippen LogP contribution in [0.15, 0.2) is 42.0 Å². The third-order valence-corrected chi connectivity index (χ3v) is 2.44. The first-order valence-corrected chi connectivity index (χ1v) is 5.19. The van der Waals surface area contributed by atoms with Gasteiger partial charge in [-0.3, -0.25) is 10.0 Å². The van der Waals surface area contributed by atoms with Crippen molar-refractivity contribution in [3.8, 4) is 0 Å². The number of nitrogens with zero attached hydrogens (tertiary/aromatic N) is 1. The monoisotopic (exact) mass is 228 g/mol. The molecule has 1 heterocycles. The lowest BCUT2D eigenvalue weighted by Crippen LogP contribution is -2.19. The maximum absolute atomic E-state index is 11.1. The summed E-state index contributed by atoms with van der Waals surface area (Å²) in [6.45, 7) is 1.61. The van der Waals surface area contributed by atoms with Crippen molar-refractivity contribution in [3.63, 3.8) is 0 Å². The predicted molar refractivity (Wildman–Crippen MR) is 65.3 cm³/mol. The molecule has 0 unspecified atom stereocenters. The van der Waals surface area contributed by atoms with E-state index in [4.69, 9.17) is 5.21 Å². The van der Waals surface area contributed by atoms with Crippen LogP contribution in [0.3, 0.4) is 0 Å². The summed E-state index contributed by atoms with van der Waals surface area (Å²) in [6, 6.07) is 11.5. The molecule has 1 aromatic heterocycles. The predicted octanol–water partition coefficient (Wildman–Crippen LogP) is 2.14. The van der Waals surface area contributed by atoms with Gasteiger partial charge in [-0.15, -0.1) is 0 Å². The number of benzene rings is 1. The Kier molecular flexibility index (Phi) is 3.16. The van der Waals surface area contributed by atoms with E-state index in [-0.39, 0.29) is 0 Å². The lowest BCUT2D eigenvalue weighted by Gasteiger charge is -2.00. The third-order valence-electron chi connectivity index (χ3n) is 2.44. The van der Waals surface area contributed by atoms with Gasteiger partial charge < -0.3 is 0 Å². The van der Waals surface area contributed by atoms with E-state index in [1.807, 2.05) is 36.4 Å². The van der Waals surface area contributed by atoms with Gasteiger partial charge in [-0.1, -0.05) is 24.3 Å². The van der Waals surface area contributed by atoms with Crippen LogP contribution in [-0.4, -0.2) is 16.1 Å². The maximum Gasteiger partial charge on any atom is 0.270 e. The van der Waals surface area contributed by atoms with E-state index in [0.717, 1.165) is 10.9 Å². The number of hydroxylamine groups is 1. The summed E-state index contributed by atoms with van der Waals surface area (Å²) in [7, 11) is 0. The quantitative estimate of drug-likeness (QED) is 0.470. The summed E-state index contributed by atoms with van der Waals surface area (Å²) in [6.07, 6.45) is 1.62. The van der Waals surface area contributed by atoms with Crippen LogP contribution in [0.1, 0.15) is 12.6 Å². The molecule has 1 amide bonds. The molecule has 4 nitrogen and oxygen atoms in total. The fraction of sp³-hybridized carbons (Fsp3) is 0.0769. The Hall–Kier alpha value is -2.20. The zero-order valence-corrected chi connectivity index (χ0v) is 9.34. The molecule has 17 heavy (non-hydrogen) atoms. The smallest absolute Gasteiger partial charge is 0.270 e. The molecule has 0 spiro atoms. The number of hydrogen-bond acceptors (Lipinski definition) is 3. The van der Waals surface area contributed by atoms with E-state index in [9.17, 15) is 4.79 Å². The van der Waals surface area contributed by atoms with Gasteiger partial charge in [-0.2, -0.15) is 0 Å². The molecule has 2 rings (SSSR count). The molecule has 0 saturated carbocycles. The average molecular weight is 228 g/mol. The first-order chi connectivity index (χ1) is 8.20. The summed E-state index contributed by atoms with van der Waals surface area (Å²) in [5.74, 6) is -0.528. The van der Waals surface area contributed by atoms with Crippen molar-refractivity contribution in [3.05, 3.63) is 47.7 Å². The molecular formula is C13H12N2O2. The van der Waals surface area contributed by atoms with Gasteiger partial charge in [0.1, 0.15) is 0 Å². The van der Waals surface area contributed by atoms with E-state index in [1.165, 1.54) is 0 Å². The molecule has 0 radical (unpaired) electrons. The second kappa shape index (κ2) is 4.76. The van der Waals surface area contributed by atoms with Crippen molar-refractivity contribution in [1.29, 1.82) is 0 Å². The highest BCUT2D eigenvalue weighted by atomic mass is 16.5. The standard InChI is InChI=1S/C13H12N2O2/c1-9(13(16)15-17)8-11-7-6-10-4-2-3-5-12(10)14-11/h2-8,17H,1H3,(H,15,16)/b9-8+. The van der Waals surface area contributed by atoms with Gasteiger partial charge in [0.05, 0.1) is 11.2 Å². The highest BCUT2D eigenvalue weighted by Crippen LogP contribution is 2.13. The fourth-order valence-electron chi connectivity index (χ4n) is 1.54. The lowest BCUT2D eigenvalue weighted by molar-refractivity contribution is -0.125. The number of carbonyl (C=O) groups is 1. The van der Waals surface area contributed by atoms with Crippen molar-refractivity contribution in [1.82, 2.24) is 10.5 Å². The molecule has 1 aromatic carbocycles. The van der Waals surface area contributed by atoms with Crippen LogP contribution >= 0.6 is 0 Å². The number of fused-ring (bicyclic) bond motifs is 1. The SMILES string of the molecule is C/C(=C\c1ccc2ccccc2n1)C(=O)NO. The van der Waals surface area contributed by atoms with Crippen LogP contribution in [0.25, 0.3) is 17.0 Å². The van der Waals surface area contributed by atoms with Crippen LogP contribution in [0.2, 0.25) is 0 Å². The molecule has 0 atom stereocenters. The largest absolute Gasteiger partial charge is 0.288 e. The number of nitrogens with one attached hydrogen (secondary N) is 1. The molecule has 0 saturated heterocycles. The molecule has 0 aliphatic rings. The van der Waals surface area contributed by atoms with Crippen molar-refractivity contribution in [2.75, 3.05) is 0 Å². The number of pyridine rings is 1. The highest BCUT2D eigenvalue weighted by molar-refractivity contribution is 5.96. The van der Waals surface area contributed by atoms with E-state index >= 15 is 0 Å². The summed E-state index contributed by atoms with van der Waals surface area (Å²) in [5.41, 5.74) is 3.54. The first-order valence-electron chi connectivity index (χ1n) is 5.19. The number of amides is 1. The number of hydrogen-bond donors (Lipinski definition) is 2. The molecule has 2 N–H and O–H groups in total. The number of carbonyl (C=O) groups excluding carboxylic acids is 1. The normalized spacial score (nSPS) is 11.5. The molecular weight excluding hydrogens is 216 g/mol. The minimum absolute atomic E-state index is 0.398. The fourth-order valence-corrected chi connectivity index (χ4v) is 1.54. The van der Waals surface area contributed by atoms with E-state index in [2.05, 4.69) is 4.98 Å². The molecule has 86 valence electrons. The third kappa shape index (κ3) is 2.49. The first kappa shape index (κ1) is 11.3. The Morgan fingerprint density at radius 1 is 1.29 bits per heavy atom. The minimum Gasteiger partial charge on any atom is -0.288 e. The van der Waals surface area contributed by atoms with Crippen LogP contribution in [-0.2, 0) is 4.79 Å². The topological polar surface area (TPSA) is 62.2 Å². The van der Waals surface area contributed by atoms with Gasteiger partial charge in [0, 0.05) is 11.0 Å². The van der Waals surface area contributed by atoms with Gasteiger partial charge in [-0.05, 0) is 25.1 Å². The Bertz CT molecular complexity index is 591. The van der Waals surface area contributed by atoms with Crippen molar-refractivity contribution in [2.45, 2.75) is 6.92 Å². The number of para-hydroxylation sites is 1. The molecule has 4 heteroatoms. The van der Waals surface area contributed by atoms with Gasteiger partial charge in [-0.25, -0.2) is 10.5 Å². The van der Waals surface area contributed by atoms with Crippen molar-refractivity contribution >= 4 is 22.9 Å². The van der Waals surface area contributed by atoms with E-state index < -0.39 is 5.91 Å². The summed E-state index contributed by atoms with van der Waals surface area (Å²) in [5, 5.41) is 9.54. The summed E-state index contributed by atoms with van der Waals surface area (Å²) >= 11 is 0. The zero-order valence-electron chi connectivity index (χ0n) is 9.34. The molecule has 0 aliphatic heterocycles. The average Bonchev–Trinajstić information content (AvgIpc) is 2.37. The highest BCUT2D eigenvalue weighted by Gasteiger charge is 2.02. The van der Waals surface area contributed by atoms with E-state index in [0.29, 0.717) is 11.3 Å². The molecule has 0 bridgehead atoms. The Morgan fingerprint density at radius 2 is 2.06 bits per heavy atom. The lowest BCUT2D eigenvalue weighted by atomic mass is 10.1. The Morgan fingerprint density at radius 3 is 2.82 bits per heavy atom. The zero-order chi connectivity index (χ0) is 12.3. The van der Waals surface area contributed by atoms with Gasteiger partial charge in [0.15, 0.2) is 0 Å². The molecule has 0 aliphatic carbocycles. The van der Waals surface area contributed by atoms with Gasteiger partial charge in [0.25, 0.3) is 5.91 Å². The summed E-state index contributed by atoms with van der Waals surface area (Å²) < 4.78 is 0. The second-order valence-electron chi connectivity index (χ2n) is 3.70. The Balaban J connectivity index is 2.40. The minimum atomic E-state index is -0.528. The van der Waals surface area contributed by atoms with Crippen LogP contribution in [0.5, 0.6) is 0 Å². The maximum atomic E-state index is 11.1. The van der Waals surface area contributed by atoms with Crippen LogP contribution in [0, 0.1) is 0 Å². The van der Waals surface area contributed by atoms with Crippen molar-refractivity contribution in [2.24, 2.45) is 0 Å². The summed E-state index contributed by atoms with van der Waals surface area (Å²) in [4.78, 5) is 15.5. The molecule has 2 aromatic rings. The van der Waals surface area contributed by atoms with E-state index in [1.54, 1.807) is 18.5 Å². The van der Waals surface area contributed by atoms with Gasteiger partial charge in [0.2, 0.25) is 0 Å². The van der Waals surface area contributed by atoms with Gasteiger partial charge >= 0.3 is 0 Å².